The number of rotatable bonds is 5. The van der Waals surface area contributed by atoms with Gasteiger partial charge < -0.3 is 10.0 Å². The van der Waals surface area contributed by atoms with Crippen molar-refractivity contribution >= 4 is 23.0 Å². The molecule has 0 saturated heterocycles. The highest BCUT2D eigenvalue weighted by Gasteiger charge is 2.23. The highest BCUT2D eigenvalue weighted by Crippen LogP contribution is 2.34. The molecule has 0 bridgehead atoms. The van der Waals surface area contributed by atoms with E-state index in [1.54, 1.807) is 6.07 Å². The van der Waals surface area contributed by atoms with Crippen molar-refractivity contribution in [1.29, 1.82) is 0 Å². The molecule has 0 atom stereocenters. The van der Waals surface area contributed by atoms with E-state index in [0.29, 0.717) is 17.6 Å². The molecule has 0 heterocycles. The molecule has 1 aliphatic carbocycles. The number of benzene rings is 1. The summed E-state index contributed by atoms with van der Waals surface area (Å²) in [7, 11) is 0. The predicted octanol–water partition coefficient (Wildman–Crippen LogP) is 3.38. The van der Waals surface area contributed by atoms with Crippen molar-refractivity contribution in [2.45, 2.75) is 38.1 Å². The first kappa shape index (κ1) is 15.1. The lowest BCUT2D eigenvalue weighted by Gasteiger charge is -2.36. The van der Waals surface area contributed by atoms with E-state index in [1.165, 1.54) is 31.4 Å². The van der Waals surface area contributed by atoms with E-state index in [1.807, 2.05) is 0 Å². The highest BCUT2D eigenvalue weighted by atomic mass is 35.5. The van der Waals surface area contributed by atoms with Gasteiger partial charge in [-0.05, 0) is 18.9 Å². The molecule has 1 aromatic rings. The highest BCUT2D eigenvalue weighted by molar-refractivity contribution is 6.33. The first-order valence-corrected chi connectivity index (χ1v) is 7.32. The third kappa shape index (κ3) is 3.41. The molecule has 0 amide bonds. The maximum Gasteiger partial charge on any atom is 0.271 e. The van der Waals surface area contributed by atoms with Gasteiger partial charge in [0, 0.05) is 24.7 Å². The van der Waals surface area contributed by atoms with Crippen LogP contribution in [0.4, 0.5) is 11.4 Å². The average Bonchev–Trinajstić information content (AvgIpc) is 2.46. The first-order chi connectivity index (χ1) is 9.63. The summed E-state index contributed by atoms with van der Waals surface area (Å²) in [6.07, 6.45) is 5.76. The van der Waals surface area contributed by atoms with Crippen molar-refractivity contribution in [2.24, 2.45) is 0 Å². The summed E-state index contributed by atoms with van der Waals surface area (Å²) < 4.78 is 0. The number of nitrogens with zero attached hydrogens (tertiary/aromatic N) is 2. The lowest BCUT2D eigenvalue weighted by molar-refractivity contribution is -0.384. The van der Waals surface area contributed by atoms with Crippen LogP contribution in [-0.4, -0.2) is 29.2 Å². The molecule has 0 aromatic heterocycles. The first-order valence-electron chi connectivity index (χ1n) is 6.95. The van der Waals surface area contributed by atoms with Crippen molar-refractivity contribution in [1.82, 2.24) is 0 Å². The summed E-state index contributed by atoms with van der Waals surface area (Å²) >= 11 is 6.20. The molecule has 1 aromatic carbocycles. The van der Waals surface area contributed by atoms with Gasteiger partial charge in [0.15, 0.2) is 0 Å². The number of anilines is 1. The fraction of sp³-hybridized carbons (Fsp3) is 0.571. The molecular formula is C14H19ClN2O3. The topological polar surface area (TPSA) is 66.6 Å². The number of hydrogen-bond acceptors (Lipinski definition) is 4. The molecule has 0 aliphatic heterocycles. The molecule has 0 radical (unpaired) electrons. The Bertz CT molecular complexity index is 475. The number of nitro benzene ring substituents is 1. The second-order valence-electron chi connectivity index (χ2n) is 5.10. The summed E-state index contributed by atoms with van der Waals surface area (Å²) in [5.74, 6) is 0. The lowest BCUT2D eigenvalue weighted by atomic mass is 9.93. The number of nitro groups is 1. The quantitative estimate of drug-likeness (QED) is 0.668. The Morgan fingerprint density at radius 2 is 2.05 bits per heavy atom. The van der Waals surface area contributed by atoms with Gasteiger partial charge in [-0.1, -0.05) is 30.9 Å². The Balaban J connectivity index is 2.26. The average molecular weight is 299 g/mol. The van der Waals surface area contributed by atoms with Gasteiger partial charge in [0.1, 0.15) is 0 Å². The number of aliphatic hydroxyl groups excluding tert-OH is 1. The molecule has 110 valence electrons. The molecule has 5 nitrogen and oxygen atoms in total. The molecule has 1 fully saturated rings. The summed E-state index contributed by atoms with van der Waals surface area (Å²) in [5.41, 5.74) is 0.768. The van der Waals surface area contributed by atoms with Crippen molar-refractivity contribution in [3.8, 4) is 0 Å². The Morgan fingerprint density at radius 3 is 2.60 bits per heavy atom. The monoisotopic (exact) mass is 298 g/mol. The van der Waals surface area contributed by atoms with Crippen LogP contribution in [0.25, 0.3) is 0 Å². The molecule has 0 spiro atoms. The minimum atomic E-state index is -0.452. The fourth-order valence-corrected chi connectivity index (χ4v) is 3.13. The van der Waals surface area contributed by atoms with Crippen LogP contribution >= 0.6 is 11.6 Å². The standard InChI is InChI=1S/C14H19ClN2O3/c15-13-10-12(17(19)20)6-7-14(13)16(8-9-18)11-4-2-1-3-5-11/h6-7,10-11,18H,1-5,8-9H2. The van der Waals surface area contributed by atoms with Crippen LogP contribution in [0.3, 0.4) is 0 Å². The Labute approximate surface area is 123 Å². The fourth-order valence-electron chi connectivity index (χ4n) is 2.84. The van der Waals surface area contributed by atoms with Crippen LogP contribution in [0.1, 0.15) is 32.1 Å². The molecule has 1 aliphatic rings. The summed E-state index contributed by atoms with van der Waals surface area (Å²) in [4.78, 5) is 12.4. The van der Waals surface area contributed by atoms with Crippen LogP contribution in [0.2, 0.25) is 5.02 Å². The summed E-state index contributed by atoms with van der Waals surface area (Å²) in [6.45, 7) is 0.548. The molecule has 1 saturated carbocycles. The van der Waals surface area contributed by atoms with Crippen molar-refractivity contribution in [3.05, 3.63) is 33.3 Å². The van der Waals surface area contributed by atoms with Gasteiger partial charge in [0.25, 0.3) is 5.69 Å². The van der Waals surface area contributed by atoms with Gasteiger partial charge in [-0.2, -0.15) is 0 Å². The Hall–Kier alpha value is -1.33. The van der Waals surface area contributed by atoms with Gasteiger partial charge in [-0.25, -0.2) is 0 Å². The van der Waals surface area contributed by atoms with Crippen molar-refractivity contribution < 1.29 is 10.0 Å². The van der Waals surface area contributed by atoms with E-state index in [9.17, 15) is 15.2 Å². The van der Waals surface area contributed by atoms with E-state index >= 15 is 0 Å². The van der Waals surface area contributed by atoms with Gasteiger partial charge in [-0.3, -0.25) is 10.1 Å². The molecule has 0 unspecified atom stereocenters. The Kier molecular flexibility index (Phi) is 5.20. The van der Waals surface area contributed by atoms with Gasteiger partial charge >= 0.3 is 0 Å². The zero-order chi connectivity index (χ0) is 14.5. The van der Waals surface area contributed by atoms with Crippen LogP contribution in [0, 0.1) is 10.1 Å². The van der Waals surface area contributed by atoms with E-state index in [4.69, 9.17) is 11.6 Å². The number of hydrogen-bond donors (Lipinski definition) is 1. The minimum absolute atomic E-state index is 0.00802. The second kappa shape index (κ2) is 6.90. The van der Waals surface area contributed by atoms with E-state index in [-0.39, 0.29) is 12.3 Å². The SMILES string of the molecule is O=[N+]([O-])c1ccc(N(CCO)C2CCCCC2)c(Cl)c1. The molecular weight excluding hydrogens is 280 g/mol. The third-order valence-corrected chi connectivity index (χ3v) is 4.11. The zero-order valence-electron chi connectivity index (χ0n) is 11.3. The van der Waals surface area contributed by atoms with E-state index in [2.05, 4.69) is 4.90 Å². The largest absolute Gasteiger partial charge is 0.395 e. The molecule has 6 heteroatoms. The van der Waals surface area contributed by atoms with Crippen LogP contribution in [-0.2, 0) is 0 Å². The van der Waals surface area contributed by atoms with Gasteiger partial charge in [0.2, 0.25) is 0 Å². The maximum absolute atomic E-state index is 10.8. The van der Waals surface area contributed by atoms with E-state index < -0.39 is 4.92 Å². The Morgan fingerprint density at radius 1 is 1.35 bits per heavy atom. The van der Waals surface area contributed by atoms with Crippen molar-refractivity contribution in [3.63, 3.8) is 0 Å². The number of halogens is 1. The zero-order valence-corrected chi connectivity index (χ0v) is 12.1. The normalized spacial score (nSPS) is 16.1. The van der Waals surface area contributed by atoms with Gasteiger partial charge in [-0.15, -0.1) is 0 Å². The third-order valence-electron chi connectivity index (χ3n) is 3.81. The second-order valence-corrected chi connectivity index (χ2v) is 5.51. The molecule has 2 rings (SSSR count). The number of aliphatic hydroxyl groups is 1. The lowest BCUT2D eigenvalue weighted by Crippen LogP contribution is -2.39. The summed E-state index contributed by atoms with van der Waals surface area (Å²) in [5, 5.41) is 20.4. The van der Waals surface area contributed by atoms with Crippen molar-refractivity contribution in [2.75, 3.05) is 18.1 Å². The minimum Gasteiger partial charge on any atom is -0.395 e. The van der Waals surface area contributed by atoms with Crippen LogP contribution in [0.15, 0.2) is 18.2 Å². The smallest absolute Gasteiger partial charge is 0.271 e. The number of non-ortho nitro benzene ring substituents is 1. The predicted molar refractivity (Wildman–Crippen MR) is 79.4 cm³/mol. The van der Waals surface area contributed by atoms with E-state index in [0.717, 1.165) is 18.5 Å². The summed E-state index contributed by atoms with van der Waals surface area (Å²) in [6, 6.07) is 4.89. The maximum atomic E-state index is 10.8. The molecule has 20 heavy (non-hydrogen) atoms. The molecule has 1 N–H and O–H groups in total. The van der Waals surface area contributed by atoms with Gasteiger partial charge in [0.05, 0.1) is 22.2 Å². The van der Waals surface area contributed by atoms with Crippen LogP contribution in [0.5, 0.6) is 0 Å². The van der Waals surface area contributed by atoms with Crippen LogP contribution < -0.4 is 4.90 Å².